The van der Waals surface area contributed by atoms with Crippen LogP contribution in [0, 0.1) is 11.2 Å². The summed E-state index contributed by atoms with van der Waals surface area (Å²) in [5, 5.41) is 3.91. The summed E-state index contributed by atoms with van der Waals surface area (Å²) in [7, 11) is 0. The molecule has 1 saturated heterocycles. The minimum Gasteiger partial charge on any atom is -0.368 e. The van der Waals surface area contributed by atoms with E-state index in [1.807, 2.05) is 36.1 Å². The van der Waals surface area contributed by atoms with Crippen LogP contribution in [0.25, 0.3) is 22.4 Å². The average molecular weight is 448 g/mol. The van der Waals surface area contributed by atoms with E-state index in [2.05, 4.69) is 5.16 Å². The number of halogens is 1. The van der Waals surface area contributed by atoms with Crippen LogP contribution in [0.5, 0.6) is 0 Å². The number of carbonyl (C=O) groups excluding carboxylic acids is 2. The molecule has 33 heavy (non-hydrogen) atoms. The summed E-state index contributed by atoms with van der Waals surface area (Å²) >= 11 is 0. The van der Waals surface area contributed by atoms with E-state index in [0.29, 0.717) is 37.4 Å². The molecule has 0 bridgehead atoms. The van der Waals surface area contributed by atoms with Gasteiger partial charge in [-0.15, -0.1) is 0 Å². The summed E-state index contributed by atoms with van der Waals surface area (Å²) in [4.78, 5) is 28.9. The monoisotopic (exact) mass is 448 g/mol. The van der Waals surface area contributed by atoms with Crippen LogP contribution >= 0.6 is 0 Å². The minimum atomic E-state index is -0.572. The van der Waals surface area contributed by atoms with Crippen molar-refractivity contribution < 1.29 is 18.5 Å². The summed E-state index contributed by atoms with van der Waals surface area (Å²) in [5.41, 5.74) is 8.24. The average Bonchev–Trinajstić information content (AvgIpc) is 3.44. The summed E-state index contributed by atoms with van der Waals surface area (Å²) in [6, 6.07) is 13.7. The number of benzene rings is 2. The molecule has 2 N–H and O–H groups in total. The van der Waals surface area contributed by atoms with Crippen molar-refractivity contribution in [1.29, 1.82) is 0 Å². The second kappa shape index (κ2) is 8.03. The predicted octanol–water partition coefficient (Wildman–Crippen LogP) is 3.81. The number of hydrogen-bond acceptors (Lipinski definition) is 5. The maximum absolute atomic E-state index is 15.0. The van der Waals surface area contributed by atoms with Gasteiger partial charge in [-0.1, -0.05) is 36.3 Å². The zero-order valence-electron chi connectivity index (χ0n) is 18.4. The normalized spacial score (nSPS) is 17.2. The molecule has 1 saturated carbocycles. The maximum Gasteiger partial charge on any atom is 0.256 e. The SMILES string of the molecule is CC1(C(=O)N2CCN(C(=O)c3ccc(-c4cccc(-c5cc(N)on5)c4)cc3F)CC2)CC1. The van der Waals surface area contributed by atoms with E-state index < -0.39 is 5.82 Å². The van der Waals surface area contributed by atoms with Crippen molar-refractivity contribution in [2.45, 2.75) is 19.8 Å². The summed E-state index contributed by atoms with van der Waals surface area (Å²) in [5.74, 6) is -0.537. The zero-order chi connectivity index (χ0) is 23.2. The molecule has 0 atom stereocenters. The Bertz CT molecular complexity index is 1230. The second-order valence-corrected chi connectivity index (χ2v) is 9.04. The molecule has 0 spiro atoms. The number of anilines is 1. The molecule has 2 amide bonds. The van der Waals surface area contributed by atoms with Gasteiger partial charge in [0, 0.05) is 43.2 Å². The fraction of sp³-hybridized carbons (Fsp3) is 0.320. The van der Waals surface area contributed by atoms with E-state index in [-0.39, 0.29) is 28.7 Å². The lowest BCUT2D eigenvalue weighted by molar-refractivity contribution is -0.137. The highest BCUT2D eigenvalue weighted by molar-refractivity contribution is 5.95. The van der Waals surface area contributed by atoms with Crippen molar-refractivity contribution in [2.24, 2.45) is 5.41 Å². The highest BCUT2D eigenvalue weighted by atomic mass is 19.1. The molecule has 1 aliphatic carbocycles. The van der Waals surface area contributed by atoms with Crippen LogP contribution in [0.2, 0.25) is 0 Å². The van der Waals surface area contributed by atoms with Gasteiger partial charge in [-0.2, -0.15) is 0 Å². The number of piperazine rings is 1. The lowest BCUT2D eigenvalue weighted by Gasteiger charge is -2.36. The van der Waals surface area contributed by atoms with Crippen LogP contribution in [0.4, 0.5) is 10.3 Å². The molecule has 2 aromatic carbocycles. The Morgan fingerprint density at radius 3 is 2.27 bits per heavy atom. The Morgan fingerprint density at radius 2 is 1.64 bits per heavy atom. The number of amides is 2. The van der Waals surface area contributed by atoms with Gasteiger partial charge in [0.2, 0.25) is 11.8 Å². The molecule has 7 nitrogen and oxygen atoms in total. The molecule has 3 aromatic rings. The van der Waals surface area contributed by atoms with E-state index in [4.69, 9.17) is 10.3 Å². The molecule has 0 radical (unpaired) electrons. The number of nitrogens with zero attached hydrogens (tertiary/aromatic N) is 3. The molecule has 8 heteroatoms. The first-order valence-electron chi connectivity index (χ1n) is 11.1. The molecule has 5 rings (SSSR count). The van der Waals surface area contributed by atoms with Crippen LogP contribution in [-0.4, -0.2) is 52.9 Å². The Labute approximate surface area is 190 Å². The molecule has 2 heterocycles. The van der Waals surface area contributed by atoms with Crippen molar-refractivity contribution in [1.82, 2.24) is 15.0 Å². The smallest absolute Gasteiger partial charge is 0.256 e. The van der Waals surface area contributed by atoms with Crippen LogP contribution in [0.1, 0.15) is 30.1 Å². The Morgan fingerprint density at radius 1 is 0.970 bits per heavy atom. The predicted molar refractivity (Wildman–Crippen MR) is 122 cm³/mol. The van der Waals surface area contributed by atoms with Crippen LogP contribution in [0.3, 0.4) is 0 Å². The molecule has 0 unspecified atom stereocenters. The van der Waals surface area contributed by atoms with E-state index >= 15 is 0 Å². The number of carbonyl (C=O) groups is 2. The van der Waals surface area contributed by atoms with Crippen LogP contribution in [0.15, 0.2) is 53.1 Å². The highest BCUT2D eigenvalue weighted by Gasteiger charge is 2.47. The van der Waals surface area contributed by atoms with Gasteiger partial charge in [0.1, 0.15) is 11.5 Å². The lowest BCUT2D eigenvalue weighted by Crippen LogP contribution is -2.52. The summed E-state index contributed by atoms with van der Waals surface area (Å²) in [6.45, 7) is 3.77. The highest BCUT2D eigenvalue weighted by Crippen LogP contribution is 2.46. The van der Waals surface area contributed by atoms with E-state index in [1.165, 1.54) is 12.1 Å². The zero-order valence-corrected chi connectivity index (χ0v) is 18.4. The molecule has 170 valence electrons. The van der Waals surface area contributed by atoms with Gasteiger partial charge in [-0.3, -0.25) is 9.59 Å². The molecule has 1 aromatic heterocycles. The number of aromatic nitrogens is 1. The standard InChI is InChI=1S/C25H25FN4O3/c1-25(7-8-25)24(32)30-11-9-29(10-12-30)23(31)19-6-5-17(14-20(19)26)16-3-2-4-18(13-16)21-15-22(27)33-28-21/h2-6,13-15H,7-12,27H2,1H3. The molecule has 2 aliphatic rings. The number of nitrogens with two attached hydrogens (primary N) is 1. The van der Waals surface area contributed by atoms with Gasteiger partial charge in [0.15, 0.2) is 0 Å². The van der Waals surface area contributed by atoms with Crippen molar-refractivity contribution in [3.63, 3.8) is 0 Å². The Balaban J connectivity index is 1.29. The van der Waals surface area contributed by atoms with Crippen molar-refractivity contribution >= 4 is 17.7 Å². The van der Waals surface area contributed by atoms with Crippen LogP contribution < -0.4 is 5.73 Å². The third kappa shape index (κ3) is 4.08. The Kier molecular flexibility index (Phi) is 5.15. The van der Waals surface area contributed by atoms with E-state index in [0.717, 1.165) is 24.0 Å². The first-order chi connectivity index (χ1) is 15.8. The third-order valence-electron chi connectivity index (χ3n) is 6.59. The fourth-order valence-corrected chi connectivity index (χ4v) is 4.22. The number of hydrogen-bond donors (Lipinski definition) is 1. The van der Waals surface area contributed by atoms with Crippen LogP contribution in [-0.2, 0) is 4.79 Å². The molecular formula is C25H25FN4O3. The van der Waals surface area contributed by atoms with Gasteiger partial charge in [0.05, 0.1) is 5.56 Å². The van der Waals surface area contributed by atoms with Gasteiger partial charge in [0.25, 0.3) is 5.91 Å². The molecule has 1 aliphatic heterocycles. The molecular weight excluding hydrogens is 423 g/mol. The molecule has 2 fully saturated rings. The van der Waals surface area contributed by atoms with Crippen molar-refractivity contribution in [2.75, 3.05) is 31.9 Å². The second-order valence-electron chi connectivity index (χ2n) is 9.04. The minimum absolute atomic E-state index is 0.0353. The van der Waals surface area contributed by atoms with Gasteiger partial charge < -0.3 is 20.1 Å². The van der Waals surface area contributed by atoms with E-state index in [9.17, 15) is 14.0 Å². The third-order valence-corrected chi connectivity index (χ3v) is 6.59. The lowest BCUT2D eigenvalue weighted by atomic mass is 10.00. The van der Waals surface area contributed by atoms with Gasteiger partial charge in [-0.05, 0) is 42.2 Å². The largest absolute Gasteiger partial charge is 0.368 e. The summed E-state index contributed by atoms with van der Waals surface area (Å²) in [6.07, 6.45) is 1.86. The maximum atomic E-state index is 15.0. The number of rotatable bonds is 4. The quantitative estimate of drug-likeness (QED) is 0.655. The topological polar surface area (TPSA) is 92.7 Å². The van der Waals surface area contributed by atoms with Gasteiger partial charge >= 0.3 is 0 Å². The Hall–Kier alpha value is -3.68. The van der Waals surface area contributed by atoms with Crippen molar-refractivity contribution in [3.8, 4) is 22.4 Å². The summed E-state index contributed by atoms with van der Waals surface area (Å²) < 4.78 is 19.9. The first-order valence-corrected chi connectivity index (χ1v) is 11.1. The number of nitrogen functional groups attached to an aromatic ring is 1. The van der Waals surface area contributed by atoms with Gasteiger partial charge in [-0.25, -0.2) is 4.39 Å². The van der Waals surface area contributed by atoms with E-state index in [1.54, 1.807) is 17.0 Å². The first kappa shape index (κ1) is 21.2. The van der Waals surface area contributed by atoms with Crippen molar-refractivity contribution in [3.05, 3.63) is 59.9 Å². The fourth-order valence-electron chi connectivity index (χ4n) is 4.22.